The first kappa shape index (κ1) is 9.94. The summed E-state index contributed by atoms with van der Waals surface area (Å²) in [6.45, 7) is 0.759. The molecule has 0 aromatic heterocycles. The van der Waals surface area contributed by atoms with E-state index in [0.29, 0.717) is 0 Å². The number of fused-ring (bicyclic) bond motifs is 1. The molecular formula is C12H14BrN. The molecule has 2 heteroatoms. The molecule has 1 nitrogen and oxygen atoms in total. The van der Waals surface area contributed by atoms with E-state index in [4.69, 9.17) is 5.73 Å². The third-order valence-electron chi connectivity index (χ3n) is 2.65. The number of aryl methyl sites for hydroxylation is 1. The van der Waals surface area contributed by atoms with E-state index in [1.165, 1.54) is 23.1 Å². The van der Waals surface area contributed by atoms with Gasteiger partial charge in [0.25, 0.3) is 0 Å². The number of rotatable bonds is 2. The molecule has 1 aliphatic rings. The molecule has 1 aliphatic carbocycles. The molecule has 1 aromatic rings. The van der Waals surface area contributed by atoms with E-state index in [9.17, 15) is 0 Å². The molecule has 0 bridgehead atoms. The molecule has 0 aliphatic heterocycles. The highest BCUT2D eigenvalue weighted by Crippen LogP contribution is 2.27. The van der Waals surface area contributed by atoms with E-state index in [-0.39, 0.29) is 0 Å². The molecular weight excluding hydrogens is 238 g/mol. The topological polar surface area (TPSA) is 26.0 Å². The van der Waals surface area contributed by atoms with Crippen LogP contribution in [0.25, 0.3) is 6.08 Å². The Morgan fingerprint density at radius 2 is 2.14 bits per heavy atom. The lowest BCUT2D eigenvalue weighted by Gasteiger charge is -2.16. The number of halogens is 1. The van der Waals surface area contributed by atoms with Crippen molar-refractivity contribution < 1.29 is 0 Å². The summed E-state index contributed by atoms with van der Waals surface area (Å²) < 4.78 is 1.15. The molecule has 0 fully saturated rings. The van der Waals surface area contributed by atoms with Crippen molar-refractivity contribution in [2.75, 3.05) is 6.54 Å². The summed E-state index contributed by atoms with van der Waals surface area (Å²) in [4.78, 5) is 0. The predicted octanol–water partition coefficient (Wildman–Crippen LogP) is 3.13. The van der Waals surface area contributed by atoms with Crippen molar-refractivity contribution in [3.63, 3.8) is 0 Å². The lowest BCUT2D eigenvalue weighted by atomic mass is 9.91. The number of benzene rings is 1. The fraction of sp³-hybridized carbons (Fsp3) is 0.333. The molecule has 0 saturated heterocycles. The molecule has 14 heavy (non-hydrogen) atoms. The fourth-order valence-electron chi connectivity index (χ4n) is 1.90. The molecule has 74 valence electrons. The van der Waals surface area contributed by atoms with Gasteiger partial charge < -0.3 is 5.73 Å². The van der Waals surface area contributed by atoms with E-state index >= 15 is 0 Å². The van der Waals surface area contributed by atoms with Crippen LogP contribution in [0, 0.1) is 0 Å². The van der Waals surface area contributed by atoms with E-state index < -0.39 is 0 Å². The maximum Gasteiger partial charge on any atom is 0.0181 e. The van der Waals surface area contributed by atoms with Gasteiger partial charge in [-0.3, -0.25) is 0 Å². The SMILES string of the molecule is NCCC1=Cc2cc(Br)ccc2CC1. The molecule has 0 atom stereocenters. The van der Waals surface area contributed by atoms with Crippen molar-refractivity contribution in [3.8, 4) is 0 Å². The maximum atomic E-state index is 5.56. The zero-order valence-electron chi connectivity index (χ0n) is 8.09. The first-order valence-electron chi connectivity index (χ1n) is 4.97. The largest absolute Gasteiger partial charge is 0.330 e. The molecule has 0 spiro atoms. The minimum absolute atomic E-state index is 0.759. The summed E-state index contributed by atoms with van der Waals surface area (Å²) in [6, 6.07) is 6.50. The van der Waals surface area contributed by atoms with Crippen molar-refractivity contribution in [1.82, 2.24) is 0 Å². The highest BCUT2D eigenvalue weighted by atomic mass is 79.9. The van der Waals surface area contributed by atoms with Crippen LogP contribution < -0.4 is 5.73 Å². The van der Waals surface area contributed by atoms with Gasteiger partial charge in [-0.1, -0.05) is 33.6 Å². The van der Waals surface area contributed by atoms with Gasteiger partial charge in [-0.15, -0.1) is 0 Å². The molecule has 0 saturated carbocycles. The van der Waals surface area contributed by atoms with Crippen molar-refractivity contribution in [2.24, 2.45) is 5.73 Å². The number of hydrogen-bond acceptors (Lipinski definition) is 1. The second kappa shape index (κ2) is 4.28. The van der Waals surface area contributed by atoms with Crippen molar-refractivity contribution in [1.29, 1.82) is 0 Å². The fourth-order valence-corrected chi connectivity index (χ4v) is 2.28. The summed E-state index contributed by atoms with van der Waals surface area (Å²) in [7, 11) is 0. The van der Waals surface area contributed by atoms with Crippen LogP contribution in [0.15, 0.2) is 28.2 Å². The normalized spacial score (nSPS) is 14.9. The van der Waals surface area contributed by atoms with Gasteiger partial charge in [0.15, 0.2) is 0 Å². The predicted molar refractivity (Wildman–Crippen MR) is 64.1 cm³/mol. The van der Waals surface area contributed by atoms with Gasteiger partial charge in [-0.05, 0) is 49.1 Å². The first-order valence-corrected chi connectivity index (χ1v) is 5.77. The molecule has 0 amide bonds. The summed E-state index contributed by atoms with van der Waals surface area (Å²) >= 11 is 3.50. The third kappa shape index (κ3) is 2.07. The molecule has 0 radical (unpaired) electrons. The third-order valence-corrected chi connectivity index (χ3v) is 3.14. The molecule has 2 N–H and O–H groups in total. The van der Waals surface area contributed by atoms with Crippen molar-refractivity contribution >= 4 is 22.0 Å². The van der Waals surface area contributed by atoms with Gasteiger partial charge in [0, 0.05) is 4.47 Å². The molecule has 1 aromatic carbocycles. The van der Waals surface area contributed by atoms with Crippen LogP contribution in [0.5, 0.6) is 0 Å². The summed E-state index contributed by atoms with van der Waals surface area (Å²) in [5.41, 5.74) is 9.85. The smallest absolute Gasteiger partial charge is 0.0181 e. The monoisotopic (exact) mass is 251 g/mol. The van der Waals surface area contributed by atoms with Gasteiger partial charge >= 0.3 is 0 Å². The number of hydrogen-bond donors (Lipinski definition) is 1. The van der Waals surface area contributed by atoms with E-state index in [0.717, 1.165) is 23.9 Å². The minimum atomic E-state index is 0.759. The van der Waals surface area contributed by atoms with Crippen LogP contribution in [0.4, 0.5) is 0 Å². The molecule has 0 unspecified atom stereocenters. The van der Waals surface area contributed by atoms with Crippen LogP contribution in [0.3, 0.4) is 0 Å². The average molecular weight is 252 g/mol. The lowest BCUT2D eigenvalue weighted by molar-refractivity contribution is 0.836. The van der Waals surface area contributed by atoms with Crippen LogP contribution in [0.2, 0.25) is 0 Å². The van der Waals surface area contributed by atoms with E-state index in [2.05, 4.69) is 40.2 Å². The molecule has 0 heterocycles. The van der Waals surface area contributed by atoms with E-state index in [1.807, 2.05) is 0 Å². The zero-order valence-corrected chi connectivity index (χ0v) is 9.68. The lowest BCUT2D eigenvalue weighted by Crippen LogP contribution is -2.05. The van der Waals surface area contributed by atoms with E-state index in [1.54, 1.807) is 0 Å². The minimum Gasteiger partial charge on any atom is -0.330 e. The van der Waals surface area contributed by atoms with Gasteiger partial charge in [-0.2, -0.15) is 0 Å². The standard InChI is InChI=1S/C12H14BrN/c13-12-4-3-10-2-1-9(5-6-14)7-11(10)8-12/h3-4,7-8H,1-2,5-6,14H2. The summed E-state index contributed by atoms with van der Waals surface area (Å²) in [6.07, 6.45) is 5.66. The second-order valence-electron chi connectivity index (χ2n) is 3.68. The Kier molecular flexibility index (Phi) is 3.04. The van der Waals surface area contributed by atoms with Gasteiger partial charge in [0.1, 0.15) is 0 Å². The highest BCUT2D eigenvalue weighted by Gasteiger charge is 2.09. The Morgan fingerprint density at radius 3 is 2.93 bits per heavy atom. The molecule has 2 rings (SSSR count). The van der Waals surface area contributed by atoms with Crippen LogP contribution in [-0.2, 0) is 6.42 Å². The Morgan fingerprint density at radius 1 is 1.29 bits per heavy atom. The van der Waals surface area contributed by atoms with Crippen molar-refractivity contribution in [3.05, 3.63) is 39.4 Å². The Bertz CT molecular complexity index is 369. The van der Waals surface area contributed by atoms with Gasteiger partial charge in [0.05, 0.1) is 0 Å². The summed E-state index contributed by atoms with van der Waals surface area (Å²) in [5, 5.41) is 0. The average Bonchev–Trinajstić information content (AvgIpc) is 2.17. The van der Waals surface area contributed by atoms with Crippen molar-refractivity contribution in [2.45, 2.75) is 19.3 Å². The Balaban J connectivity index is 2.32. The van der Waals surface area contributed by atoms with Crippen LogP contribution in [-0.4, -0.2) is 6.54 Å². The Hall–Kier alpha value is -0.600. The summed E-state index contributed by atoms with van der Waals surface area (Å²) in [5.74, 6) is 0. The van der Waals surface area contributed by atoms with Gasteiger partial charge in [0.2, 0.25) is 0 Å². The van der Waals surface area contributed by atoms with Crippen LogP contribution >= 0.6 is 15.9 Å². The quantitative estimate of drug-likeness (QED) is 0.859. The van der Waals surface area contributed by atoms with Gasteiger partial charge in [-0.25, -0.2) is 0 Å². The Labute approximate surface area is 93.1 Å². The second-order valence-corrected chi connectivity index (χ2v) is 4.60. The highest BCUT2D eigenvalue weighted by molar-refractivity contribution is 9.10. The maximum absolute atomic E-state index is 5.56. The number of nitrogens with two attached hydrogens (primary N) is 1. The van der Waals surface area contributed by atoms with Crippen LogP contribution in [0.1, 0.15) is 24.0 Å². The first-order chi connectivity index (χ1) is 6.79. The zero-order chi connectivity index (χ0) is 9.97.